The Morgan fingerprint density at radius 3 is 3.20 bits per heavy atom. The molecule has 1 fully saturated rings. The van der Waals surface area contributed by atoms with Crippen molar-refractivity contribution in [2.45, 2.75) is 19.4 Å². The summed E-state index contributed by atoms with van der Waals surface area (Å²) >= 11 is 0. The average Bonchev–Trinajstić information content (AvgIpc) is 2.84. The summed E-state index contributed by atoms with van der Waals surface area (Å²) in [5, 5.41) is 10.5. The average molecular weight is 208 g/mol. The fourth-order valence-electron chi connectivity index (χ4n) is 2.15. The van der Waals surface area contributed by atoms with Gasteiger partial charge in [-0.15, -0.1) is 0 Å². The molecule has 2 heterocycles. The Balaban J connectivity index is 1.74. The zero-order chi connectivity index (χ0) is 10.7. The maximum atomic E-state index is 3.96. The number of nitrogens with zero attached hydrogens (tertiary/aromatic N) is 2. The van der Waals surface area contributed by atoms with Gasteiger partial charge < -0.3 is 10.2 Å². The van der Waals surface area contributed by atoms with Gasteiger partial charge in [-0.2, -0.15) is 5.10 Å². The lowest BCUT2D eigenvalue weighted by Gasteiger charge is -2.16. The van der Waals surface area contributed by atoms with Gasteiger partial charge in [0.1, 0.15) is 0 Å². The van der Waals surface area contributed by atoms with E-state index in [0.29, 0.717) is 6.04 Å². The Kier molecular flexibility index (Phi) is 3.38. The van der Waals surface area contributed by atoms with Gasteiger partial charge in [0.05, 0.1) is 5.69 Å². The van der Waals surface area contributed by atoms with E-state index in [1.807, 2.05) is 6.07 Å². The summed E-state index contributed by atoms with van der Waals surface area (Å²) in [6.07, 6.45) is 3.12. The van der Waals surface area contributed by atoms with E-state index in [1.54, 1.807) is 6.20 Å². The Morgan fingerprint density at radius 1 is 1.73 bits per heavy atom. The number of likely N-dealkylation sites (tertiary alicyclic amines) is 1. The van der Waals surface area contributed by atoms with Crippen molar-refractivity contribution in [1.29, 1.82) is 0 Å². The first-order valence-corrected chi connectivity index (χ1v) is 5.67. The van der Waals surface area contributed by atoms with Gasteiger partial charge in [-0.25, -0.2) is 0 Å². The molecule has 2 unspecified atom stereocenters. The van der Waals surface area contributed by atoms with E-state index in [-0.39, 0.29) is 0 Å². The van der Waals surface area contributed by atoms with Crippen LogP contribution in [-0.2, 0) is 0 Å². The van der Waals surface area contributed by atoms with Crippen LogP contribution in [0, 0.1) is 5.92 Å². The molecular weight excluding hydrogens is 188 g/mol. The summed E-state index contributed by atoms with van der Waals surface area (Å²) in [6.45, 7) is 5.74. The minimum Gasteiger partial charge on any atom is -0.309 e. The molecule has 0 spiro atoms. The van der Waals surface area contributed by atoms with Crippen molar-refractivity contribution in [1.82, 2.24) is 20.4 Å². The van der Waals surface area contributed by atoms with Gasteiger partial charge in [0.25, 0.3) is 0 Å². The topological polar surface area (TPSA) is 44.0 Å². The van der Waals surface area contributed by atoms with Crippen LogP contribution in [0.4, 0.5) is 0 Å². The van der Waals surface area contributed by atoms with Crippen LogP contribution in [0.15, 0.2) is 12.3 Å². The summed E-state index contributed by atoms with van der Waals surface area (Å²) in [5.74, 6) is 0.806. The highest BCUT2D eigenvalue weighted by Gasteiger charge is 2.19. The summed E-state index contributed by atoms with van der Waals surface area (Å²) in [7, 11) is 2.19. The monoisotopic (exact) mass is 208 g/mol. The van der Waals surface area contributed by atoms with Crippen molar-refractivity contribution < 1.29 is 0 Å². The van der Waals surface area contributed by atoms with Crippen LogP contribution in [0.25, 0.3) is 0 Å². The highest BCUT2D eigenvalue weighted by molar-refractivity contribution is 5.02. The Hall–Kier alpha value is -0.870. The molecule has 2 rings (SSSR count). The number of aromatic amines is 1. The second-order valence-electron chi connectivity index (χ2n) is 4.56. The Bertz CT molecular complexity index is 283. The Labute approximate surface area is 91.1 Å². The molecule has 0 bridgehead atoms. The summed E-state index contributed by atoms with van der Waals surface area (Å²) in [5.41, 5.74) is 1.17. The van der Waals surface area contributed by atoms with Crippen molar-refractivity contribution in [2.24, 2.45) is 5.92 Å². The van der Waals surface area contributed by atoms with Crippen LogP contribution in [-0.4, -0.2) is 41.8 Å². The molecule has 1 saturated heterocycles. The van der Waals surface area contributed by atoms with Crippen molar-refractivity contribution in [3.8, 4) is 0 Å². The second-order valence-corrected chi connectivity index (χ2v) is 4.56. The molecule has 0 aliphatic carbocycles. The number of hydrogen-bond donors (Lipinski definition) is 2. The number of nitrogens with one attached hydrogen (secondary N) is 2. The number of aromatic nitrogens is 2. The zero-order valence-corrected chi connectivity index (χ0v) is 9.53. The van der Waals surface area contributed by atoms with E-state index in [1.165, 1.54) is 25.2 Å². The third-order valence-electron chi connectivity index (χ3n) is 3.19. The van der Waals surface area contributed by atoms with Gasteiger partial charge >= 0.3 is 0 Å². The minimum atomic E-state index is 0.374. The van der Waals surface area contributed by atoms with Crippen molar-refractivity contribution in [2.75, 3.05) is 26.7 Å². The fraction of sp³-hybridized carbons (Fsp3) is 0.727. The fourth-order valence-corrected chi connectivity index (χ4v) is 2.15. The molecule has 1 aliphatic rings. The third-order valence-corrected chi connectivity index (χ3v) is 3.19. The molecule has 0 aromatic carbocycles. The molecule has 4 nitrogen and oxygen atoms in total. The smallest absolute Gasteiger partial charge is 0.0518 e. The molecular formula is C11H20N4. The van der Waals surface area contributed by atoms with Gasteiger partial charge in [-0.1, -0.05) is 0 Å². The van der Waals surface area contributed by atoms with E-state index in [2.05, 4.69) is 34.4 Å². The lowest BCUT2D eigenvalue weighted by molar-refractivity contribution is 0.381. The summed E-state index contributed by atoms with van der Waals surface area (Å²) in [4.78, 5) is 2.40. The minimum absolute atomic E-state index is 0.374. The summed E-state index contributed by atoms with van der Waals surface area (Å²) in [6, 6.07) is 2.40. The standard InChI is InChI=1S/C11H20N4/c1-9(11-3-5-13-14-11)12-7-10-4-6-15(2)8-10/h3,5,9-10,12H,4,6-8H2,1-2H3,(H,13,14). The molecule has 15 heavy (non-hydrogen) atoms. The highest BCUT2D eigenvalue weighted by Crippen LogP contribution is 2.15. The SMILES string of the molecule is CC(NCC1CCN(C)C1)c1ccn[nH]1. The van der Waals surface area contributed by atoms with Gasteiger partial charge in [0.15, 0.2) is 0 Å². The van der Waals surface area contributed by atoms with Crippen LogP contribution >= 0.6 is 0 Å². The molecule has 2 atom stereocenters. The predicted octanol–water partition coefficient (Wildman–Crippen LogP) is 1.01. The van der Waals surface area contributed by atoms with Crippen molar-refractivity contribution in [3.63, 3.8) is 0 Å². The van der Waals surface area contributed by atoms with Crippen LogP contribution in [0.3, 0.4) is 0 Å². The highest BCUT2D eigenvalue weighted by atomic mass is 15.1. The molecule has 0 amide bonds. The summed E-state index contributed by atoms with van der Waals surface area (Å²) < 4.78 is 0. The lowest BCUT2D eigenvalue weighted by atomic mass is 10.1. The molecule has 0 saturated carbocycles. The maximum Gasteiger partial charge on any atom is 0.0518 e. The van der Waals surface area contributed by atoms with E-state index in [9.17, 15) is 0 Å². The van der Waals surface area contributed by atoms with E-state index < -0.39 is 0 Å². The van der Waals surface area contributed by atoms with Crippen molar-refractivity contribution >= 4 is 0 Å². The first kappa shape index (κ1) is 10.6. The van der Waals surface area contributed by atoms with Gasteiger partial charge in [-0.3, -0.25) is 5.10 Å². The van der Waals surface area contributed by atoms with E-state index >= 15 is 0 Å². The van der Waals surface area contributed by atoms with Gasteiger partial charge in [0.2, 0.25) is 0 Å². The lowest BCUT2D eigenvalue weighted by Crippen LogP contribution is -2.27. The largest absolute Gasteiger partial charge is 0.309 e. The first-order valence-electron chi connectivity index (χ1n) is 5.67. The zero-order valence-electron chi connectivity index (χ0n) is 9.53. The molecule has 4 heteroatoms. The van der Waals surface area contributed by atoms with Crippen LogP contribution in [0.2, 0.25) is 0 Å². The number of H-pyrrole nitrogens is 1. The number of rotatable bonds is 4. The van der Waals surface area contributed by atoms with Crippen LogP contribution in [0.5, 0.6) is 0 Å². The number of hydrogen-bond acceptors (Lipinski definition) is 3. The molecule has 2 N–H and O–H groups in total. The molecule has 0 radical (unpaired) electrons. The maximum absolute atomic E-state index is 3.96. The normalized spacial score (nSPS) is 24.5. The Morgan fingerprint density at radius 2 is 2.60 bits per heavy atom. The van der Waals surface area contributed by atoms with Gasteiger partial charge in [-0.05, 0) is 45.5 Å². The predicted molar refractivity (Wildman–Crippen MR) is 60.6 cm³/mol. The van der Waals surface area contributed by atoms with E-state index in [4.69, 9.17) is 0 Å². The molecule has 84 valence electrons. The van der Waals surface area contributed by atoms with Gasteiger partial charge in [0, 0.05) is 18.8 Å². The third kappa shape index (κ3) is 2.79. The first-order chi connectivity index (χ1) is 7.25. The molecule has 1 aromatic heterocycles. The van der Waals surface area contributed by atoms with Crippen LogP contribution in [0.1, 0.15) is 25.1 Å². The second kappa shape index (κ2) is 4.77. The quantitative estimate of drug-likeness (QED) is 0.776. The van der Waals surface area contributed by atoms with E-state index in [0.717, 1.165) is 12.5 Å². The molecule has 1 aliphatic heterocycles. The molecule has 1 aromatic rings. The van der Waals surface area contributed by atoms with Crippen molar-refractivity contribution in [3.05, 3.63) is 18.0 Å². The van der Waals surface area contributed by atoms with Crippen LogP contribution < -0.4 is 5.32 Å².